The van der Waals surface area contributed by atoms with Gasteiger partial charge in [-0.1, -0.05) is 0 Å². The highest BCUT2D eigenvalue weighted by Crippen LogP contribution is 2.42. The molecule has 0 bridgehead atoms. The molecule has 0 fully saturated rings. The number of ether oxygens (including phenoxy) is 7. The minimum absolute atomic E-state index is 0.153. The zero-order valence-corrected chi connectivity index (χ0v) is 26.3. The number of methoxy groups -OCH3 is 2. The third-order valence-electron chi connectivity index (χ3n) is 7.19. The predicted octanol–water partition coefficient (Wildman–Crippen LogP) is 5.90. The van der Waals surface area contributed by atoms with Gasteiger partial charge in [0.2, 0.25) is 5.75 Å². The number of amides is 1. The smallest absolute Gasteiger partial charge is 0.338 e. The van der Waals surface area contributed by atoms with Gasteiger partial charge in [0.05, 0.1) is 52.3 Å². The molecule has 1 amide bonds. The van der Waals surface area contributed by atoms with Crippen molar-refractivity contribution >= 4 is 11.9 Å². The fourth-order valence-corrected chi connectivity index (χ4v) is 5.21. The summed E-state index contributed by atoms with van der Waals surface area (Å²) in [5, 5.41) is 0. The third kappa shape index (κ3) is 7.12. The molecule has 4 rings (SSSR count). The second kappa shape index (κ2) is 15.2. The average molecular weight is 608 g/mol. The lowest BCUT2D eigenvalue weighted by Crippen LogP contribution is -2.42. The normalized spacial score (nSPS) is 13.9. The van der Waals surface area contributed by atoms with Gasteiger partial charge in [0, 0.05) is 12.1 Å². The molecule has 10 nitrogen and oxygen atoms in total. The van der Waals surface area contributed by atoms with Crippen LogP contribution in [0.2, 0.25) is 0 Å². The Labute approximate surface area is 258 Å². The summed E-state index contributed by atoms with van der Waals surface area (Å²) in [5.74, 6) is 2.49. The Balaban J connectivity index is 1.72. The number of benzene rings is 3. The van der Waals surface area contributed by atoms with E-state index in [9.17, 15) is 9.59 Å². The fraction of sp³-hybridized carbons (Fsp3) is 0.412. The van der Waals surface area contributed by atoms with Crippen LogP contribution in [-0.4, -0.2) is 70.6 Å². The third-order valence-corrected chi connectivity index (χ3v) is 7.19. The fourth-order valence-electron chi connectivity index (χ4n) is 5.21. The van der Waals surface area contributed by atoms with Gasteiger partial charge in [-0.2, -0.15) is 0 Å². The zero-order chi connectivity index (χ0) is 31.6. The van der Waals surface area contributed by atoms with Crippen LogP contribution in [0.3, 0.4) is 0 Å². The Bertz CT molecular complexity index is 1410. The van der Waals surface area contributed by atoms with E-state index in [-0.39, 0.29) is 12.5 Å². The lowest BCUT2D eigenvalue weighted by Gasteiger charge is -2.38. The molecule has 44 heavy (non-hydrogen) atoms. The molecule has 0 N–H and O–H groups in total. The van der Waals surface area contributed by atoms with Crippen molar-refractivity contribution in [2.45, 2.75) is 40.2 Å². The zero-order valence-electron chi connectivity index (χ0n) is 26.3. The molecule has 1 heterocycles. The molecule has 0 unspecified atom stereocenters. The summed E-state index contributed by atoms with van der Waals surface area (Å²) in [6.45, 7) is 9.50. The van der Waals surface area contributed by atoms with Crippen molar-refractivity contribution in [2.75, 3.05) is 53.8 Å². The van der Waals surface area contributed by atoms with E-state index >= 15 is 0 Å². The number of fused-ring (bicyclic) bond motifs is 1. The van der Waals surface area contributed by atoms with Crippen molar-refractivity contribution in [1.29, 1.82) is 0 Å². The van der Waals surface area contributed by atoms with E-state index in [0.717, 1.165) is 11.1 Å². The van der Waals surface area contributed by atoms with Crippen LogP contribution < -0.4 is 28.4 Å². The van der Waals surface area contributed by atoms with Gasteiger partial charge < -0.3 is 38.1 Å². The Hall–Kier alpha value is -4.60. The SMILES string of the molecule is CCOC(=O)c1ccc(OC[C@H]2c3cc(OC)c(OC)cc3CCN2C(=O)c2cc(OCC)c(OCC)c(OCC)c2)cc1. The van der Waals surface area contributed by atoms with Gasteiger partial charge in [-0.15, -0.1) is 0 Å². The second-order valence-corrected chi connectivity index (χ2v) is 9.83. The van der Waals surface area contributed by atoms with Crippen molar-refractivity contribution in [3.63, 3.8) is 0 Å². The molecule has 10 heteroatoms. The van der Waals surface area contributed by atoms with Crippen LogP contribution in [0.5, 0.6) is 34.5 Å². The summed E-state index contributed by atoms with van der Waals surface area (Å²) in [5.41, 5.74) is 2.77. The van der Waals surface area contributed by atoms with Crippen LogP contribution in [0.4, 0.5) is 0 Å². The van der Waals surface area contributed by atoms with Gasteiger partial charge in [0.15, 0.2) is 23.0 Å². The summed E-state index contributed by atoms with van der Waals surface area (Å²) in [6.07, 6.45) is 0.611. The van der Waals surface area contributed by atoms with Gasteiger partial charge in [0.25, 0.3) is 5.91 Å². The molecule has 1 aliphatic rings. The van der Waals surface area contributed by atoms with E-state index in [1.807, 2.05) is 32.9 Å². The number of hydrogen-bond acceptors (Lipinski definition) is 9. The van der Waals surface area contributed by atoms with E-state index in [4.69, 9.17) is 33.2 Å². The Morgan fingerprint density at radius 2 is 1.34 bits per heavy atom. The van der Waals surface area contributed by atoms with E-state index in [2.05, 4.69) is 0 Å². The number of esters is 1. The lowest BCUT2D eigenvalue weighted by molar-refractivity contribution is 0.0524. The van der Waals surface area contributed by atoms with Gasteiger partial charge in [0.1, 0.15) is 12.4 Å². The molecule has 236 valence electrons. The molecular weight excluding hydrogens is 566 g/mol. The standard InChI is InChI=1S/C34H41NO9/c1-7-40-30-18-24(19-31(41-8-2)32(30)42-9-3)33(36)35-16-15-23-17-28(38-5)29(39-6)20-26(23)27(35)21-44-25-13-11-22(12-14-25)34(37)43-10-4/h11-14,17-20,27H,7-10,15-16,21H2,1-6H3/t27-/m0/s1. The molecular formula is C34H41NO9. The monoisotopic (exact) mass is 607 g/mol. The summed E-state index contributed by atoms with van der Waals surface area (Å²) >= 11 is 0. The molecule has 3 aromatic rings. The highest BCUT2D eigenvalue weighted by Gasteiger charge is 2.34. The van der Waals surface area contributed by atoms with Crippen LogP contribution in [0.15, 0.2) is 48.5 Å². The molecule has 0 saturated carbocycles. The number of rotatable bonds is 14. The summed E-state index contributed by atoms with van der Waals surface area (Å²) < 4.78 is 40.1. The van der Waals surface area contributed by atoms with Crippen molar-refractivity contribution in [3.05, 3.63) is 70.8 Å². The maximum atomic E-state index is 14.3. The molecule has 0 radical (unpaired) electrons. The maximum absolute atomic E-state index is 14.3. The number of hydrogen-bond donors (Lipinski definition) is 0. The maximum Gasteiger partial charge on any atom is 0.338 e. The molecule has 0 aliphatic carbocycles. The first kappa shape index (κ1) is 32.3. The van der Waals surface area contributed by atoms with Gasteiger partial charge in [-0.3, -0.25) is 4.79 Å². The van der Waals surface area contributed by atoms with E-state index in [1.165, 1.54) is 0 Å². The molecule has 3 aromatic carbocycles. The van der Waals surface area contributed by atoms with Crippen LogP contribution in [-0.2, 0) is 11.2 Å². The van der Waals surface area contributed by atoms with Gasteiger partial charge >= 0.3 is 5.97 Å². The minimum atomic E-state index is -0.464. The van der Waals surface area contributed by atoms with Crippen LogP contribution in [0.1, 0.15) is 65.6 Å². The van der Waals surface area contributed by atoms with Gasteiger partial charge in [-0.25, -0.2) is 4.79 Å². The lowest BCUT2D eigenvalue weighted by atomic mass is 9.91. The van der Waals surface area contributed by atoms with Crippen molar-refractivity contribution in [3.8, 4) is 34.5 Å². The summed E-state index contributed by atoms with van der Waals surface area (Å²) in [7, 11) is 3.18. The quantitative estimate of drug-likeness (QED) is 0.208. The van der Waals surface area contributed by atoms with Crippen LogP contribution in [0.25, 0.3) is 0 Å². The highest BCUT2D eigenvalue weighted by molar-refractivity contribution is 5.96. The topological polar surface area (TPSA) is 102 Å². The Kier molecular flexibility index (Phi) is 11.2. The Morgan fingerprint density at radius 3 is 1.91 bits per heavy atom. The molecule has 1 aliphatic heterocycles. The first-order valence-corrected chi connectivity index (χ1v) is 14.9. The molecule has 1 atom stereocenters. The summed E-state index contributed by atoms with van der Waals surface area (Å²) in [4.78, 5) is 28.2. The Morgan fingerprint density at radius 1 is 0.727 bits per heavy atom. The highest BCUT2D eigenvalue weighted by atomic mass is 16.5. The molecule has 0 saturated heterocycles. The van der Waals surface area contributed by atoms with E-state index < -0.39 is 12.0 Å². The second-order valence-electron chi connectivity index (χ2n) is 9.83. The van der Waals surface area contributed by atoms with Gasteiger partial charge in [-0.05, 0) is 93.8 Å². The van der Waals surface area contributed by atoms with Crippen molar-refractivity contribution < 1.29 is 42.7 Å². The molecule has 0 aromatic heterocycles. The van der Waals surface area contributed by atoms with E-state index in [1.54, 1.807) is 62.4 Å². The number of carbonyl (C=O) groups is 2. The molecule has 0 spiro atoms. The predicted molar refractivity (Wildman–Crippen MR) is 165 cm³/mol. The first-order chi connectivity index (χ1) is 21.4. The largest absolute Gasteiger partial charge is 0.493 e. The van der Waals surface area contributed by atoms with Crippen LogP contribution in [0, 0.1) is 0 Å². The summed E-state index contributed by atoms with van der Waals surface area (Å²) in [6, 6.07) is 13.5. The van der Waals surface area contributed by atoms with Crippen LogP contribution >= 0.6 is 0 Å². The number of nitrogens with zero attached hydrogens (tertiary/aromatic N) is 1. The average Bonchev–Trinajstić information content (AvgIpc) is 3.04. The first-order valence-electron chi connectivity index (χ1n) is 14.9. The number of carbonyl (C=O) groups excluding carboxylic acids is 2. The minimum Gasteiger partial charge on any atom is -0.493 e. The van der Waals surface area contributed by atoms with Crippen molar-refractivity contribution in [2.24, 2.45) is 0 Å². The van der Waals surface area contributed by atoms with E-state index in [0.29, 0.717) is 85.0 Å². The van der Waals surface area contributed by atoms with Crippen molar-refractivity contribution in [1.82, 2.24) is 4.90 Å².